The lowest BCUT2D eigenvalue weighted by Gasteiger charge is -2.26. The Labute approximate surface area is 220 Å². The third-order valence-electron chi connectivity index (χ3n) is 7.90. The van der Waals surface area contributed by atoms with Gasteiger partial charge in [0, 0.05) is 38.8 Å². The molecule has 3 atom stereocenters. The molecule has 1 N–H and O–H groups in total. The molecule has 5 aromatic rings. The topological polar surface area (TPSA) is 15.8 Å². The molecule has 0 aliphatic heterocycles. The van der Waals surface area contributed by atoms with E-state index in [0.717, 1.165) is 4.47 Å². The molecular formula is C34H26BrN. The molecule has 0 bridgehead atoms. The average molecular weight is 528 g/mol. The minimum Gasteiger partial charge on any atom is -0.358 e. The Bertz CT molecular complexity index is 1600. The van der Waals surface area contributed by atoms with Gasteiger partial charge < -0.3 is 4.98 Å². The fourth-order valence-corrected chi connectivity index (χ4v) is 6.69. The third-order valence-corrected chi connectivity index (χ3v) is 8.43. The van der Waals surface area contributed by atoms with Crippen molar-refractivity contribution in [2.75, 3.05) is 0 Å². The van der Waals surface area contributed by atoms with E-state index in [4.69, 9.17) is 0 Å². The van der Waals surface area contributed by atoms with E-state index in [0.29, 0.717) is 11.8 Å². The van der Waals surface area contributed by atoms with E-state index >= 15 is 0 Å². The second-order valence-electron chi connectivity index (χ2n) is 10.0. The first-order chi connectivity index (χ1) is 17.7. The quantitative estimate of drug-likeness (QED) is 0.240. The van der Waals surface area contributed by atoms with Gasteiger partial charge in [-0.15, -0.1) is 0 Å². The summed E-state index contributed by atoms with van der Waals surface area (Å²) in [5.41, 5.74) is 12.1. The van der Waals surface area contributed by atoms with Crippen LogP contribution in [0.5, 0.6) is 0 Å². The number of aromatic amines is 1. The smallest absolute Gasteiger partial charge is 0.0459 e. The van der Waals surface area contributed by atoms with E-state index in [2.05, 4.69) is 143 Å². The summed E-state index contributed by atoms with van der Waals surface area (Å²) in [5.74, 6) is 0.951. The first kappa shape index (κ1) is 21.6. The van der Waals surface area contributed by atoms with Crippen LogP contribution in [-0.4, -0.2) is 4.98 Å². The highest BCUT2D eigenvalue weighted by Crippen LogP contribution is 2.59. The fraction of sp³-hybridized carbons (Fsp3) is 0.118. The van der Waals surface area contributed by atoms with E-state index in [1.54, 1.807) is 0 Å². The van der Waals surface area contributed by atoms with Gasteiger partial charge in [0.25, 0.3) is 0 Å². The molecule has 2 aliphatic rings. The molecule has 0 saturated heterocycles. The SMILES string of the molecule is Cc1ccc2[nH]c3c(c2c1)C(c1ccc(Br)cc1)C1C(=C(c2ccccc2)c2ccccc2)C=CC31. The van der Waals surface area contributed by atoms with Crippen LogP contribution in [0.1, 0.15) is 45.3 Å². The summed E-state index contributed by atoms with van der Waals surface area (Å²) in [4.78, 5) is 3.84. The summed E-state index contributed by atoms with van der Waals surface area (Å²) in [6.07, 6.45) is 4.84. The Morgan fingerprint density at radius 1 is 0.778 bits per heavy atom. The van der Waals surface area contributed by atoms with Crippen molar-refractivity contribution < 1.29 is 0 Å². The molecule has 3 unspecified atom stereocenters. The van der Waals surface area contributed by atoms with Crippen LogP contribution in [0.3, 0.4) is 0 Å². The zero-order valence-electron chi connectivity index (χ0n) is 20.1. The molecular weight excluding hydrogens is 502 g/mol. The van der Waals surface area contributed by atoms with Gasteiger partial charge in [-0.3, -0.25) is 0 Å². The number of hydrogen-bond acceptors (Lipinski definition) is 0. The lowest BCUT2D eigenvalue weighted by molar-refractivity contribution is 0.568. The standard InChI is InChI=1S/C34H26BrN/c1-21-12-19-29-28(20-21)33-31(24-13-15-25(35)16-14-24)32-26(17-18-27(32)34(33)36-29)30(22-8-4-2-5-9-22)23-10-6-3-7-11-23/h2-20,27,31-32,36H,1H3. The van der Waals surface area contributed by atoms with Crippen LogP contribution in [0, 0.1) is 12.8 Å². The predicted molar refractivity (Wildman–Crippen MR) is 153 cm³/mol. The highest BCUT2D eigenvalue weighted by molar-refractivity contribution is 9.10. The van der Waals surface area contributed by atoms with Crippen molar-refractivity contribution in [2.45, 2.75) is 18.8 Å². The van der Waals surface area contributed by atoms with Gasteiger partial charge in [-0.2, -0.15) is 0 Å². The maximum absolute atomic E-state index is 3.84. The van der Waals surface area contributed by atoms with Crippen molar-refractivity contribution >= 4 is 32.4 Å². The van der Waals surface area contributed by atoms with Gasteiger partial charge in [0.15, 0.2) is 0 Å². The minimum atomic E-state index is 0.279. The zero-order chi connectivity index (χ0) is 24.2. The fourth-order valence-electron chi connectivity index (χ4n) is 6.42. The Hall–Kier alpha value is -3.62. The van der Waals surface area contributed by atoms with E-state index in [1.807, 2.05) is 0 Å². The number of hydrogen-bond donors (Lipinski definition) is 1. The van der Waals surface area contributed by atoms with E-state index < -0.39 is 0 Å². The summed E-state index contributed by atoms with van der Waals surface area (Å²) in [6, 6.07) is 37.6. The van der Waals surface area contributed by atoms with Gasteiger partial charge in [0.2, 0.25) is 0 Å². The summed E-state index contributed by atoms with van der Waals surface area (Å²) in [6.45, 7) is 2.19. The normalized spacial score (nSPS) is 20.1. The molecule has 2 aliphatic carbocycles. The molecule has 0 spiro atoms. The molecule has 0 amide bonds. The molecule has 4 aromatic carbocycles. The molecule has 174 valence electrons. The number of aryl methyl sites for hydroxylation is 1. The van der Waals surface area contributed by atoms with Crippen LogP contribution < -0.4 is 0 Å². The molecule has 2 heteroatoms. The Morgan fingerprint density at radius 2 is 1.44 bits per heavy atom. The number of halogens is 1. The number of fused-ring (bicyclic) bond motifs is 5. The van der Waals surface area contributed by atoms with Gasteiger partial charge in [-0.05, 0) is 64.6 Å². The second-order valence-corrected chi connectivity index (χ2v) is 10.9. The van der Waals surface area contributed by atoms with Crippen LogP contribution in [-0.2, 0) is 0 Å². The third kappa shape index (κ3) is 3.36. The van der Waals surface area contributed by atoms with Crippen molar-refractivity contribution in [3.05, 3.63) is 159 Å². The molecule has 1 nitrogen and oxygen atoms in total. The molecule has 36 heavy (non-hydrogen) atoms. The van der Waals surface area contributed by atoms with Crippen molar-refractivity contribution in [1.82, 2.24) is 4.98 Å². The molecule has 1 heterocycles. The predicted octanol–water partition coefficient (Wildman–Crippen LogP) is 9.16. The number of aromatic nitrogens is 1. The Kier molecular flexibility index (Phi) is 5.11. The van der Waals surface area contributed by atoms with Crippen LogP contribution in [0.2, 0.25) is 0 Å². The summed E-state index contributed by atoms with van der Waals surface area (Å²) in [7, 11) is 0. The second kappa shape index (κ2) is 8.50. The lowest BCUT2D eigenvalue weighted by atomic mass is 9.77. The minimum absolute atomic E-state index is 0.279. The highest BCUT2D eigenvalue weighted by atomic mass is 79.9. The maximum atomic E-state index is 3.84. The first-order valence-corrected chi connectivity index (χ1v) is 13.4. The maximum Gasteiger partial charge on any atom is 0.0459 e. The number of H-pyrrole nitrogens is 1. The molecule has 0 saturated carbocycles. The van der Waals surface area contributed by atoms with E-state index in [1.165, 1.54) is 55.6 Å². The highest BCUT2D eigenvalue weighted by Gasteiger charge is 2.47. The van der Waals surface area contributed by atoms with Crippen molar-refractivity contribution in [2.24, 2.45) is 5.92 Å². The Morgan fingerprint density at radius 3 is 2.11 bits per heavy atom. The van der Waals surface area contributed by atoms with Gasteiger partial charge in [-0.1, -0.05) is 113 Å². The molecule has 7 rings (SSSR count). The van der Waals surface area contributed by atoms with Crippen LogP contribution >= 0.6 is 15.9 Å². The van der Waals surface area contributed by atoms with Crippen molar-refractivity contribution in [3.63, 3.8) is 0 Å². The monoisotopic (exact) mass is 527 g/mol. The number of allylic oxidation sites excluding steroid dienone is 3. The largest absolute Gasteiger partial charge is 0.358 e. The summed E-state index contributed by atoms with van der Waals surface area (Å²) in [5, 5.41) is 1.36. The first-order valence-electron chi connectivity index (χ1n) is 12.6. The van der Waals surface area contributed by atoms with Gasteiger partial charge in [-0.25, -0.2) is 0 Å². The van der Waals surface area contributed by atoms with Gasteiger partial charge in [0.05, 0.1) is 0 Å². The van der Waals surface area contributed by atoms with E-state index in [9.17, 15) is 0 Å². The van der Waals surface area contributed by atoms with Crippen molar-refractivity contribution in [1.29, 1.82) is 0 Å². The summed E-state index contributed by atoms with van der Waals surface area (Å²) < 4.78 is 1.12. The Balaban J connectivity index is 1.51. The molecule has 0 fully saturated rings. The lowest BCUT2D eigenvalue weighted by Crippen LogP contribution is -2.13. The number of benzene rings is 4. The number of nitrogens with one attached hydrogen (secondary N) is 1. The summed E-state index contributed by atoms with van der Waals surface area (Å²) >= 11 is 3.65. The van der Waals surface area contributed by atoms with Crippen molar-refractivity contribution in [3.8, 4) is 0 Å². The van der Waals surface area contributed by atoms with Crippen LogP contribution in [0.4, 0.5) is 0 Å². The van der Waals surface area contributed by atoms with Crippen LogP contribution in [0.25, 0.3) is 16.5 Å². The van der Waals surface area contributed by atoms with E-state index in [-0.39, 0.29) is 5.92 Å². The van der Waals surface area contributed by atoms with Gasteiger partial charge in [0.1, 0.15) is 0 Å². The number of rotatable bonds is 3. The molecule has 1 aromatic heterocycles. The van der Waals surface area contributed by atoms with Crippen LogP contribution in [0.15, 0.2) is 125 Å². The molecule has 0 radical (unpaired) electrons. The van der Waals surface area contributed by atoms with Gasteiger partial charge >= 0.3 is 0 Å². The zero-order valence-corrected chi connectivity index (χ0v) is 21.7. The average Bonchev–Trinajstić information content (AvgIpc) is 3.57.